The van der Waals surface area contributed by atoms with E-state index in [9.17, 15) is 4.79 Å². The van der Waals surface area contributed by atoms with Gasteiger partial charge in [0, 0.05) is 39.1 Å². The number of amides is 1. The molecule has 1 amide bonds. The van der Waals surface area contributed by atoms with Crippen molar-refractivity contribution in [3.05, 3.63) is 18.4 Å². The second-order valence-electron chi connectivity index (χ2n) is 7.81. The van der Waals surface area contributed by atoms with Gasteiger partial charge in [-0.2, -0.15) is 0 Å². The number of likely N-dealkylation sites (tertiary alicyclic amines) is 1. The molecule has 2 aromatic rings. The van der Waals surface area contributed by atoms with E-state index >= 15 is 0 Å². The number of hydrogen-bond donors (Lipinski definition) is 3. The Bertz CT molecular complexity index is 995. The molecule has 4 N–H and O–H groups in total. The lowest BCUT2D eigenvalue weighted by molar-refractivity contribution is -0.134. The molecule has 0 aromatic carbocycles. The van der Waals surface area contributed by atoms with Gasteiger partial charge in [-0.3, -0.25) is 9.79 Å². The zero-order chi connectivity index (χ0) is 23.8. The number of carbonyl (C=O) groups excluding carboxylic acids is 1. The van der Waals surface area contributed by atoms with Crippen LogP contribution in [-0.4, -0.2) is 87.1 Å². The number of anilines is 1. The fraction of sp³-hybridized carbons (Fsp3) is 0.591. The zero-order valence-corrected chi connectivity index (χ0v) is 19.6. The molecule has 3 heterocycles. The van der Waals surface area contributed by atoms with Crippen LogP contribution in [0.4, 0.5) is 5.82 Å². The Morgan fingerprint density at radius 1 is 1.39 bits per heavy atom. The number of fused-ring (bicyclic) bond motifs is 1. The van der Waals surface area contributed by atoms with E-state index < -0.39 is 6.04 Å². The predicted octanol–water partition coefficient (Wildman–Crippen LogP) is 1.04. The number of nitrogens with zero attached hydrogens (tertiary/aromatic N) is 6. The largest absolute Gasteiger partial charge is 0.404 e. The van der Waals surface area contributed by atoms with Crippen molar-refractivity contribution in [2.75, 3.05) is 38.7 Å². The van der Waals surface area contributed by atoms with Crippen LogP contribution in [0.3, 0.4) is 0 Å². The van der Waals surface area contributed by atoms with Crippen molar-refractivity contribution in [1.29, 1.82) is 0 Å². The molecule has 0 radical (unpaired) electrons. The van der Waals surface area contributed by atoms with Crippen molar-refractivity contribution in [3.63, 3.8) is 0 Å². The van der Waals surface area contributed by atoms with E-state index in [1.54, 1.807) is 13.3 Å². The lowest BCUT2D eigenvalue weighted by Crippen LogP contribution is -2.47. The third-order valence-corrected chi connectivity index (χ3v) is 5.77. The number of ether oxygens (including phenoxy) is 1. The first kappa shape index (κ1) is 24.6. The van der Waals surface area contributed by atoms with Crippen LogP contribution in [0.15, 0.2) is 17.5 Å². The molecule has 0 saturated carbocycles. The highest BCUT2D eigenvalue weighted by molar-refractivity contribution is 6.09. The number of hydrogen-bond acceptors (Lipinski definition) is 9. The molecular weight excluding hydrogens is 424 g/mol. The van der Waals surface area contributed by atoms with Gasteiger partial charge in [-0.05, 0) is 26.2 Å². The number of nitrogens with one attached hydrogen (secondary N) is 1. The lowest BCUT2D eigenvalue weighted by atomic mass is 10.1. The molecule has 1 aliphatic heterocycles. The highest BCUT2D eigenvalue weighted by Crippen LogP contribution is 2.25. The molecule has 33 heavy (non-hydrogen) atoms. The average molecular weight is 459 g/mol. The predicted molar refractivity (Wildman–Crippen MR) is 128 cm³/mol. The smallest absolute Gasteiger partial charge is 0.245 e. The molecule has 0 aliphatic carbocycles. The van der Waals surface area contributed by atoms with Crippen molar-refractivity contribution in [2.24, 2.45) is 10.7 Å². The van der Waals surface area contributed by atoms with Crippen molar-refractivity contribution in [2.45, 2.75) is 51.8 Å². The number of aromatic nitrogens is 4. The van der Waals surface area contributed by atoms with Gasteiger partial charge < -0.3 is 30.4 Å². The molecule has 3 rings (SSSR count). The standard InChI is InChI=1S/C22H34N8O3/c1-4-17(22(32)29-8-6-16(7-9-29)33-11-10-31)27-19-18-21(26-14-25-19)30(5-2)20(28-18)15(12-23)13-24-3/h12-14,16-17,31H,4-11,23H2,1-3H3,(H,25,26,27)/t17-/m0/s1. The van der Waals surface area contributed by atoms with Gasteiger partial charge in [-0.15, -0.1) is 0 Å². The Labute approximate surface area is 193 Å². The van der Waals surface area contributed by atoms with E-state index in [1.165, 1.54) is 12.5 Å². The molecule has 2 aromatic heterocycles. The maximum atomic E-state index is 13.2. The number of imidazole rings is 1. The number of rotatable bonds is 10. The molecule has 1 fully saturated rings. The van der Waals surface area contributed by atoms with Crippen LogP contribution in [0.1, 0.15) is 38.9 Å². The van der Waals surface area contributed by atoms with E-state index in [0.29, 0.717) is 61.0 Å². The molecule has 1 atom stereocenters. The van der Waals surface area contributed by atoms with Gasteiger partial charge in [0.2, 0.25) is 5.91 Å². The number of carbonyl (C=O) groups is 1. The summed E-state index contributed by atoms with van der Waals surface area (Å²) >= 11 is 0. The summed E-state index contributed by atoms with van der Waals surface area (Å²) in [6, 6.07) is -0.435. The van der Waals surface area contributed by atoms with Gasteiger partial charge in [0.15, 0.2) is 17.0 Å². The molecule has 11 nitrogen and oxygen atoms in total. The summed E-state index contributed by atoms with van der Waals surface area (Å²) in [6.07, 6.45) is 6.80. The van der Waals surface area contributed by atoms with Crippen LogP contribution in [0.5, 0.6) is 0 Å². The first-order chi connectivity index (χ1) is 16.1. The van der Waals surface area contributed by atoms with Crippen molar-refractivity contribution >= 4 is 34.7 Å². The van der Waals surface area contributed by atoms with Crippen LogP contribution >= 0.6 is 0 Å². The highest BCUT2D eigenvalue weighted by atomic mass is 16.5. The number of aliphatic hydroxyl groups is 1. The number of piperidine rings is 1. The van der Waals surface area contributed by atoms with Crippen LogP contribution in [0.25, 0.3) is 16.7 Å². The Morgan fingerprint density at radius 3 is 2.76 bits per heavy atom. The van der Waals surface area contributed by atoms with Crippen molar-refractivity contribution in [3.8, 4) is 0 Å². The summed E-state index contributed by atoms with van der Waals surface area (Å²) in [4.78, 5) is 32.7. The Morgan fingerprint density at radius 2 is 2.15 bits per heavy atom. The maximum absolute atomic E-state index is 13.2. The van der Waals surface area contributed by atoms with E-state index in [4.69, 9.17) is 20.6 Å². The summed E-state index contributed by atoms with van der Waals surface area (Å²) in [5, 5.41) is 12.2. The highest BCUT2D eigenvalue weighted by Gasteiger charge is 2.29. The molecule has 180 valence electrons. The third-order valence-electron chi connectivity index (χ3n) is 5.77. The molecule has 11 heteroatoms. The Balaban J connectivity index is 1.81. The first-order valence-corrected chi connectivity index (χ1v) is 11.4. The van der Waals surface area contributed by atoms with Crippen molar-refractivity contribution in [1.82, 2.24) is 24.4 Å². The molecule has 0 spiro atoms. The minimum absolute atomic E-state index is 0.0116. The third kappa shape index (κ3) is 5.48. The fourth-order valence-electron chi connectivity index (χ4n) is 4.06. The lowest BCUT2D eigenvalue weighted by Gasteiger charge is -2.34. The number of aryl methyl sites for hydroxylation is 1. The molecule has 1 aliphatic rings. The normalized spacial score (nSPS) is 16.6. The molecule has 1 saturated heterocycles. The van der Waals surface area contributed by atoms with Gasteiger partial charge in [0.1, 0.15) is 18.2 Å². The topological polar surface area (TPSA) is 144 Å². The SMILES string of the molecule is CC[C@H](Nc1ncnc2c1nc(C(C=NC)=CN)n2CC)C(=O)N1CCC(OCCO)CC1. The zero-order valence-electron chi connectivity index (χ0n) is 19.6. The van der Waals surface area contributed by atoms with Gasteiger partial charge in [0.25, 0.3) is 0 Å². The Hall–Kier alpha value is -3.05. The average Bonchev–Trinajstić information content (AvgIpc) is 3.23. The summed E-state index contributed by atoms with van der Waals surface area (Å²) in [7, 11) is 1.67. The van der Waals surface area contributed by atoms with Crippen LogP contribution in [0, 0.1) is 0 Å². The van der Waals surface area contributed by atoms with E-state index in [2.05, 4.69) is 20.3 Å². The summed E-state index contributed by atoms with van der Waals surface area (Å²) in [5.41, 5.74) is 7.73. The van der Waals surface area contributed by atoms with E-state index in [-0.39, 0.29) is 18.6 Å². The van der Waals surface area contributed by atoms with Gasteiger partial charge >= 0.3 is 0 Å². The molecule has 0 bridgehead atoms. The summed E-state index contributed by atoms with van der Waals surface area (Å²) in [6.45, 7) is 6.21. The second kappa shape index (κ2) is 11.7. The first-order valence-electron chi connectivity index (χ1n) is 11.4. The Kier molecular flexibility index (Phi) is 8.72. The van der Waals surface area contributed by atoms with Crippen molar-refractivity contribution < 1.29 is 14.6 Å². The van der Waals surface area contributed by atoms with Gasteiger partial charge in [-0.1, -0.05) is 6.92 Å². The second-order valence-corrected chi connectivity index (χ2v) is 7.81. The number of nitrogens with two attached hydrogens (primary N) is 1. The molecule has 0 unspecified atom stereocenters. The fourth-order valence-corrected chi connectivity index (χ4v) is 4.06. The number of aliphatic hydroxyl groups excluding tert-OH is 1. The van der Waals surface area contributed by atoms with E-state index in [1.807, 2.05) is 23.3 Å². The van der Waals surface area contributed by atoms with Crippen LogP contribution in [0.2, 0.25) is 0 Å². The van der Waals surface area contributed by atoms with E-state index in [0.717, 1.165) is 12.8 Å². The maximum Gasteiger partial charge on any atom is 0.245 e. The van der Waals surface area contributed by atoms with Crippen LogP contribution < -0.4 is 11.1 Å². The van der Waals surface area contributed by atoms with Gasteiger partial charge in [0.05, 0.1) is 24.9 Å². The number of allylic oxidation sites excluding steroid dienone is 1. The van der Waals surface area contributed by atoms with Gasteiger partial charge in [-0.25, -0.2) is 15.0 Å². The minimum Gasteiger partial charge on any atom is -0.404 e. The monoisotopic (exact) mass is 458 g/mol. The minimum atomic E-state index is -0.435. The summed E-state index contributed by atoms with van der Waals surface area (Å²) in [5.74, 6) is 1.19. The summed E-state index contributed by atoms with van der Waals surface area (Å²) < 4.78 is 7.55. The van der Waals surface area contributed by atoms with Crippen LogP contribution in [-0.2, 0) is 16.1 Å². The quantitative estimate of drug-likeness (QED) is 0.448. The number of aliphatic imine (C=N–C) groups is 1. The molecular formula is C22H34N8O3.